The van der Waals surface area contributed by atoms with Crippen LogP contribution in [0.1, 0.15) is 12.2 Å². The first kappa shape index (κ1) is 12.4. The van der Waals surface area contributed by atoms with Crippen molar-refractivity contribution in [1.82, 2.24) is 20.2 Å². The summed E-state index contributed by atoms with van der Waals surface area (Å²) in [7, 11) is 1.92. The average Bonchev–Trinajstić information content (AvgIpc) is 2.74. The molecule has 17 heavy (non-hydrogen) atoms. The molecular formula is C11H18N4OS. The van der Waals surface area contributed by atoms with Gasteiger partial charge < -0.3 is 15.2 Å². The Morgan fingerprint density at radius 1 is 1.76 bits per heavy atom. The lowest BCUT2D eigenvalue weighted by Crippen LogP contribution is -2.41. The second-order valence-electron chi connectivity index (χ2n) is 4.16. The second kappa shape index (κ2) is 6.07. The van der Waals surface area contributed by atoms with Crippen LogP contribution >= 0.6 is 11.8 Å². The first-order chi connectivity index (χ1) is 8.25. The highest BCUT2D eigenvalue weighted by atomic mass is 32.2. The van der Waals surface area contributed by atoms with Gasteiger partial charge in [0.05, 0.1) is 6.54 Å². The van der Waals surface area contributed by atoms with Gasteiger partial charge in [0, 0.05) is 50.0 Å². The monoisotopic (exact) mass is 254 g/mol. The number of rotatable bonds is 4. The predicted octanol–water partition coefficient (Wildman–Crippen LogP) is 0.131. The normalized spacial score (nSPS) is 20.2. The van der Waals surface area contributed by atoms with Gasteiger partial charge in [0.15, 0.2) is 0 Å². The van der Waals surface area contributed by atoms with Gasteiger partial charge in [-0.05, 0) is 0 Å². The van der Waals surface area contributed by atoms with E-state index in [1.807, 2.05) is 29.6 Å². The van der Waals surface area contributed by atoms with Crippen LogP contribution in [0.4, 0.5) is 0 Å². The predicted molar refractivity (Wildman–Crippen MR) is 68.8 cm³/mol. The molecule has 1 aromatic heterocycles. The van der Waals surface area contributed by atoms with Crippen molar-refractivity contribution in [3.63, 3.8) is 0 Å². The summed E-state index contributed by atoms with van der Waals surface area (Å²) in [5.41, 5.74) is 0. The van der Waals surface area contributed by atoms with Gasteiger partial charge in [0.1, 0.15) is 5.82 Å². The first-order valence-electron chi connectivity index (χ1n) is 5.80. The topological polar surface area (TPSA) is 59.0 Å². The Labute approximate surface area is 105 Å². The molecule has 2 rings (SSSR count). The van der Waals surface area contributed by atoms with E-state index in [-0.39, 0.29) is 5.91 Å². The van der Waals surface area contributed by atoms with Crippen LogP contribution in [0.15, 0.2) is 12.4 Å². The van der Waals surface area contributed by atoms with E-state index in [2.05, 4.69) is 15.6 Å². The maximum Gasteiger partial charge on any atom is 0.221 e. The highest BCUT2D eigenvalue weighted by molar-refractivity contribution is 7.99. The maximum absolute atomic E-state index is 11.7. The number of carbonyl (C=O) groups is 1. The molecule has 94 valence electrons. The van der Waals surface area contributed by atoms with Crippen LogP contribution < -0.4 is 10.6 Å². The number of nitrogens with zero attached hydrogens (tertiary/aromatic N) is 2. The molecule has 0 aromatic carbocycles. The zero-order valence-electron chi connectivity index (χ0n) is 9.98. The lowest BCUT2D eigenvalue weighted by molar-refractivity contribution is -0.121. The number of hydrogen-bond donors (Lipinski definition) is 2. The quantitative estimate of drug-likeness (QED) is 0.802. The van der Waals surface area contributed by atoms with Crippen molar-refractivity contribution in [2.45, 2.75) is 19.0 Å². The summed E-state index contributed by atoms with van der Waals surface area (Å²) in [5, 5.41) is 6.25. The van der Waals surface area contributed by atoms with Crippen molar-refractivity contribution in [3.05, 3.63) is 18.2 Å². The van der Waals surface area contributed by atoms with Crippen molar-refractivity contribution in [3.8, 4) is 0 Å². The molecule has 0 saturated carbocycles. The third-order valence-electron chi connectivity index (χ3n) is 2.79. The number of hydrogen-bond acceptors (Lipinski definition) is 4. The number of imidazole rings is 1. The van der Waals surface area contributed by atoms with Gasteiger partial charge in [-0.3, -0.25) is 4.79 Å². The minimum absolute atomic E-state index is 0.0907. The molecule has 1 saturated heterocycles. The van der Waals surface area contributed by atoms with Crippen molar-refractivity contribution in [1.29, 1.82) is 0 Å². The highest BCUT2D eigenvalue weighted by Gasteiger charge is 2.16. The number of amides is 1. The second-order valence-corrected chi connectivity index (χ2v) is 5.31. The Kier molecular flexibility index (Phi) is 4.44. The molecule has 1 atom stereocenters. The summed E-state index contributed by atoms with van der Waals surface area (Å²) in [6.45, 7) is 1.50. The summed E-state index contributed by atoms with van der Waals surface area (Å²) in [4.78, 5) is 15.9. The minimum Gasteiger partial charge on any atom is -0.349 e. The molecule has 1 aliphatic rings. The molecular weight excluding hydrogens is 236 g/mol. The first-order valence-corrected chi connectivity index (χ1v) is 6.95. The molecule has 0 spiro atoms. The minimum atomic E-state index is 0.0907. The molecule has 1 fully saturated rings. The molecule has 6 heteroatoms. The van der Waals surface area contributed by atoms with Gasteiger partial charge in [-0.25, -0.2) is 4.98 Å². The fourth-order valence-electron chi connectivity index (χ4n) is 1.79. The van der Waals surface area contributed by atoms with Crippen LogP contribution in [-0.4, -0.2) is 39.6 Å². The molecule has 5 nitrogen and oxygen atoms in total. The average molecular weight is 254 g/mol. The van der Waals surface area contributed by atoms with E-state index >= 15 is 0 Å². The van der Waals surface area contributed by atoms with Gasteiger partial charge in [-0.15, -0.1) is 0 Å². The Balaban J connectivity index is 1.72. The molecule has 1 aliphatic heterocycles. The van der Waals surface area contributed by atoms with Crippen LogP contribution in [0, 0.1) is 0 Å². The molecule has 1 unspecified atom stereocenters. The number of thioether (sulfide) groups is 1. The third-order valence-corrected chi connectivity index (χ3v) is 3.93. The SMILES string of the molecule is Cn1ccnc1CNC(=O)CC1CSCCN1. The van der Waals surface area contributed by atoms with E-state index in [4.69, 9.17) is 0 Å². The summed E-state index contributed by atoms with van der Waals surface area (Å²) in [6.07, 6.45) is 4.17. The van der Waals surface area contributed by atoms with Crippen LogP contribution in [0.25, 0.3) is 0 Å². The Bertz CT molecular complexity index is 373. The van der Waals surface area contributed by atoms with Gasteiger partial charge in [-0.2, -0.15) is 11.8 Å². The third kappa shape index (κ3) is 3.74. The van der Waals surface area contributed by atoms with E-state index < -0.39 is 0 Å². The zero-order chi connectivity index (χ0) is 12.1. The smallest absolute Gasteiger partial charge is 0.221 e. The van der Waals surface area contributed by atoms with Crippen molar-refractivity contribution in [2.24, 2.45) is 7.05 Å². The van der Waals surface area contributed by atoms with Crippen molar-refractivity contribution >= 4 is 17.7 Å². The summed E-state index contributed by atoms with van der Waals surface area (Å²) in [5.74, 6) is 3.14. The molecule has 0 aliphatic carbocycles. The summed E-state index contributed by atoms with van der Waals surface area (Å²) < 4.78 is 1.91. The lowest BCUT2D eigenvalue weighted by atomic mass is 10.2. The van der Waals surface area contributed by atoms with Crippen molar-refractivity contribution in [2.75, 3.05) is 18.1 Å². The molecule has 2 N–H and O–H groups in total. The van der Waals surface area contributed by atoms with Gasteiger partial charge in [0.2, 0.25) is 5.91 Å². The standard InChI is InChI=1S/C11H18N4OS/c1-15-4-2-13-10(15)7-14-11(16)6-9-8-17-5-3-12-9/h2,4,9,12H,3,5-8H2,1H3,(H,14,16). The lowest BCUT2D eigenvalue weighted by Gasteiger charge is -2.22. The number of nitrogens with one attached hydrogen (secondary N) is 2. The van der Waals surface area contributed by atoms with Gasteiger partial charge >= 0.3 is 0 Å². The number of aryl methyl sites for hydroxylation is 1. The summed E-state index contributed by atoms with van der Waals surface area (Å²) >= 11 is 1.90. The van der Waals surface area contributed by atoms with E-state index in [1.165, 1.54) is 0 Å². The van der Waals surface area contributed by atoms with Gasteiger partial charge in [-0.1, -0.05) is 0 Å². The van der Waals surface area contributed by atoms with Gasteiger partial charge in [0.25, 0.3) is 0 Å². The fourth-order valence-corrected chi connectivity index (χ4v) is 2.74. The molecule has 0 bridgehead atoms. The van der Waals surface area contributed by atoms with Crippen LogP contribution in [0.3, 0.4) is 0 Å². The van der Waals surface area contributed by atoms with E-state index in [0.29, 0.717) is 19.0 Å². The molecule has 1 aromatic rings. The largest absolute Gasteiger partial charge is 0.349 e. The van der Waals surface area contributed by atoms with E-state index in [9.17, 15) is 4.79 Å². The number of carbonyl (C=O) groups excluding carboxylic acids is 1. The zero-order valence-corrected chi connectivity index (χ0v) is 10.8. The fraction of sp³-hybridized carbons (Fsp3) is 0.636. The maximum atomic E-state index is 11.7. The van der Waals surface area contributed by atoms with Crippen LogP contribution in [0.5, 0.6) is 0 Å². The van der Waals surface area contributed by atoms with Crippen molar-refractivity contribution < 1.29 is 4.79 Å². The highest BCUT2D eigenvalue weighted by Crippen LogP contribution is 2.09. The van der Waals surface area contributed by atoms with Crippen LogP contribution in [0.2, 0.25) is 0 Å². The van der Waals surface area contributed by atoms with E-state index in [0.717, 1.165) is 23.9 Å². The van der Waals surface area contributed by atoms with Crippen LogP contribution in [-0.2, 0) is 18.4 Å². The molecule has 0 radical (unpaired) electrons. The Hall–Kier alpha value is -1.01. The number of aromatic nitrogens is 2. The molecule has 1 amide bonds. The Morgan fingerprint density at radius 2 is 2.65 bits per heavy atom. The Morgan fingerprint density at radius 3 is 3.29 bits per heavy atom. The van der Waals surface area contributed by atoms with E-state index in [1.54, 1.807) is 6.20 Å². The summed E-state index contributed by atoms with van der Waals surface area (Å²) in [6, 6.07) is 0.315. The molecule has 2 heterocycles.